The van der Waals surface area contributed by atoms with Gasteiger partial charge in [-0.05, 0) is 42.7 Å². The summed E-state index contributed by atoms with van der Waals surface area (Å²) in [6.07, 6.45) is -0.677. The maximum Gasteiger partial charge on any atom is 0.266 e. The van der Waals surface area contributed by atoms with Crippen LogP contribution in [0.1, 0.15) is 32.3 Å². The van der Waals surface area contributed by atoms with E-state index in [0.717, 1.165) is 5.56 Å². The van der Waals surface area contributed by atoms with Gasteiger partial charge >= 0.3 is 0 Å². The van der Waals surface area contributed by atoms with Gasteiger partial charge in [0.05, 0.1) is 10.2 Å². The van der Waals surface area contributed by atoms with E-state index < -0.39 is 6.10 Å². The van der Waals surface area contributed by atoms with Gasteiger partial charge in [-0.25, -0.2) is 9.37 Å². The first-order valence-electron chi connectivity index (χ1n) is 8.06. The van der Waals surface area contributed by atoms with Crippen molar-refractivity contribution in [1.82, 2.24) is 4.98 Å². The lowest BCUT2D eigenvalue weighted by molar-refractivity contribution is -0.122. The average Bonchev–Trinajstić information content (AvgIpc) is 2.96. The Hall–Kier alpha value is -2.47. The van der Waals surface area contributed by atoms with E-state index in [1.54, 1.807) is 13.0 Å². The second-order valence-electron chi connectivity index (χ2n) is 6.07. The van der Waals surface area contributed by atoms with Crippen molar-refractivity contribution < 1.29 is 13.9 Å². The van der Waals surface area contributed by atoms with Crippen molar-refractivity contribution in [3.05, 3.63) is 53.8 Å². The van der Waals surface area contributed by atoms with Crippen molar-refractivity contribution >= 4 is 32.6 Å². The quantitative estimate of drug-likeness (QED) is 0.701. The summed E-state index contributed by atoms with van der Waals surface area (Å²) in [7, 11) is 0. The summed E-state index contributed by atoms with van der Waals surface area (Å²) in [5, 5.41) is 3.17. The molecule has 1 N–H and O–H groups in total. The van der Waals surface area contributed by atoms with Crippen LogP contribution in [0.2, 0.25) is 0 Å². The molecule has 0 spiro atoms. The monoisotopic (exact) mass is 358 g/mol. The molecule has 1 amide bonds. The number of thiazole rings is 1. The minimum Gasteiger partial charge on any atom is -0.481 e. The Bertz CT molecular complexity index is 907. The number of halogens is 1. The average molecular weight is 358 g/mol. The summed E-state index contributed by atoms with van der Waals surface area (Å²) in [4.78, 5) is 16.7. The number of hydrogen-bond donors (Lipinski definition) is 1. The summed E-state index contributed by atoms with van der Waals surface area (Å²) in [5.74, 6) is 0.381. The van der Waals surface area contributed by atoms with E-state index in [9.17, 15) is 9.18 Å². The van der Waals surface area contributed by atoms with Gasteiger partial charge in [0.15, 0.2) is 11.2 Å². The fraction of sp³-hybridized carbons (Fsp3) is 0.263. The van der Waals surface area contributed by atoms with E-state index in [0.29, 0.717) is 27.0 Å². The van der Waals surface area contributed by atoms with Crippen molar-refractivity contribution in [2.75, 3.05) is 5.32 Å². The number of anilines is 1. The number of nitrogens with zero attached hydrogens (tertiary/aromatic N) is 1. The third kappa shape index (κ3) is 3.96. The highest BCUT2D eigenvalue weighted by molar-refractivity contribution is 7.22. The molecule has 1 unspecified atom stereocenters. The Morgan fingerprint density at radius 2 is 1.96 bits per heavy atom. The molecule has 25 heavy (non-hydrogen) atoms. The Balaban J connectivity index is 1.72. The van der Waals surface area contributed by atoms with E-state index in [4.69, 9.17) is 4.74 Å². The number of rotatable bonds is 5. The van der Waals surface area contributed by atoms with Gasteiger partial charge in [0.1, 0.15) is 11.6 Å². The summed E-state index contributed by atoms with van der Waals surface area (Å²) >= 11 is 1.23. The van der Waals surface area contributed by atoms with Crippen LogP contribution in [0.15, 0.2) is 42.5 Å². The molecule has 0 aliphatic heterocycles. The predicted molar refractivity (Wildman–Crippen MR) is 98.8 cm³/mol. The summed E-state index contributed by atoms with van der Waals surface area (Å²) < 4.78 is 19.8. The molecule has 130 valence electrons. The molecule has 2 aromatic carbocycles. The van der Waals surface area contributed by atoms with Gasteiger partial charge in [-0.2, -0.15) is 0 Å². The molecule has 1 aromatic heterocycles. The molecule has 3 aromatic rings. The first-order valence-corrected chi connectivity index (χ1v) is 8.88. The maximum absolute atomic E-state index is 13.3. The van der Waals surface area contributed by atoms with Crippen LogP contribution in [0.5, 0.6) is 5.75 Å². The Morgan fingerprint density at radius 1 is 1.20 bits per heavy atom. The van der Waals surface area contributed by atoms with Crippen molar-refractivity contribution in [2.45, 2.75) is 32.8 Å². The van der Waals surface area contributed by atoms with Crippen LogP contribution < -0.4 is 10.1 Å². The SMILES string of the molecule is CC(Oc1ccccc1C(C)C)C(=O)Nc1nc2ccc(F)cc2s1. The molecule has 0 fully saturated rings. The zero-order chi connectivity index (χ0) is 18.0. The van der Waals surface area contributed by atoms with Crippen molar-refractivity contribution in [1.29, 1.82) is 0 Å². The maximum atomic E-state index is 13.3. The van der Waals surface area contributed by atoms with Crippen LogP contribution in [0.4, 0.5) is 9.52 Å². The van der Waals surface area contributed by atoms with E-state index in [-0.39, 0.29) is 11.7 Å². The van der Waals surface area contributed by atoms with Crippen molar-refractivity contribution in [3.63, 3.8) is 0 Å². The molecule has 0 saturated heterocycles. The number of benzene rings is 2. The second-order valence-corrected chi connectivity index (χ2v) is 7.10. The van der Waals surface area contributed by atoms with E-state index in [1.807, 2.05) is 24.3 Å². The molecule has 6 heteroatoms. The largest absolute Gasteiger partial charge is 0.481 e. The first-order chi connectivity index (χ1) is 11.9. The smallest absolute Gasteiger partial charge is 0.266 e. The lowest BCUT2D eigenvalue weighted by Gasteiger charge is -2.18. The number of carbonyl (C=O) groups excluding carboxylic acids is 1. The normalized spacial score (nSPS) is 12.4. The minimum absolute atomic E-state index is 0.293. The minimum atomic E-state index is -0.677. The van der Waals surface area contributed by atoms with E-state index in [1.165, 1.54) is 23.5 Å². The molecule has 0 bridgehead atoms. The number of para-hydroxylation sites is 1. The molecular weight excluding hydrogens is 339 g/mol. The van der Waals surface area contributed by atoms with Crippen LogP contribution in [0, 0.1) is 5.82 Å². The highest BCUT2D eigenvalue weighted by Crippen LogP contribution is 2.28. The summed E-state index contributed by atoms with van der Waals surface area (Å²) in [6.45, 7) is 5.85. The zero-order valence-electron chi connectivity index (χ0n) is 14.2. The van der Waals surface area contributed by atoms with Gasteiger partial charge in [-0.15, -0.1) is 0 Å². The Kier molecular flexibility index (Phi) is 4.99. The number of carbonyl (C=O) groups is 1. The van der Waals surface area contributed by atoms with E-state index in [2.05, 4.69) is 24.1 Å². The number of amides is 1. The van der Waals surface area contributed by atoms with Crippen LogP contribution >= 0.6 is 11.3 Å². The third-order valence-corrected chi connectivity index (χ3v) is 4.73. The van der Waals surface area contributed by atoms with Crippen LogP contribution in [0.25, 0.3) is 10.2 Å². The fourth-order valence-electron chi connectivity index (χ4n) is 2.47. The molecule has 3 rings (SSSR count). The Labute approximate surface area is 149 Å². The third-order valence-electron chi connectivity index (χ3n) is 3.79. The van der Waals surface area contributed by atoms with Gasteiger partial charge in [0, 0.05) is 0 Å². The molecule has 1 heterocycles. The molecule has 0 saturated carbocycles. The van der Waals surface area contributed by atoms with Gasteiger partial charge in [-0.3, -0.25) is 10.1 Å². The number of ether oxygens (including phenoxy) is 1. The van der Waals surface area contributed by atoms with Crippen molar-refractivity contribution in [2.24, 2.45) is 0 Å². The first kappa shape index (κ1) is 17.4. The highest BCUT2D eigenvalue weighted by atomic mass is 32.1. The molecule has 0 aliphatic rings. The molecular formula is C19H19FN2O2S. The molecule has 0 radical (unpaired) electrons. The Morgan fingerprint density at radius 3 is 2.72 bits per heavy atom. The topological polar surface area (TPSA) is 51.2 Å². The molecule has 1 atom stereocenters. The van der Waals surface area contributed by atoms with Gasteiger partial charge in [0.2, 0.25) is 0 Å². The zero-order valence-corrected chi connectivity index (χ0v) is 15.1. The summed E-state index contributed by atoms with van der Waals surface area (Å²) in [5.41, 5.74) is 1.71. The number of fused-ring (bicyclic) bond motifs is 1. The summed E-state index contributed by atoms with van der Waals surface area (Å²) in [6, 6.07) is 12.0. The second kappa shape index (κ2) is 7.19. The standard InChI is InChI=1S/C19H19FN2O2S/c1-11(2)14-6-4-5-7-16(14)24-12(3)18(23)22-19-21-15-9-8-13(20)10-17(15)25-19/h4-12H,1-3H3,(H,21,22,23). The predicted octanol–water partition coefficient (Wildman–Crippen LogP) is 4.96. The lowest BCUT2D eigenvalue weighted by Crippen LogP contribution is -2.30. The fourth-order valence-corrected chi connectivity index (χ4v) is 3.36. The van der Waals surface area contributed by atoms with Crippen molar-refractivity contribution in [3.8, 4) is 5.75 Å². The van der Waals surface area contributed by atoms with Crippen LogP contribution in [-0.4, -0.2) is 17.0 Å². The van der Waals surface area contributed by atoms with E-state index >= 15 is 0 Å². The molecule has 0 aliphatic carbocycles. The lowest BCUT2D eigenvalue weighted by atomic mass is 10.0. The van der Waals surface area contributed by atoms with Crippen LogP contribution in [0.3, 0.4) is 0 Å². The molecule has 4 nitrogen and oxygen atoms in total. The highest BCUT2D eigenvalue weighted by Gasteiger charge is 2.18. The number of aromatic nitrogens is 1. The number of hydrogen-bond acceptors (Lipinski definition) is 4. The van der Waals surface area contributed by atoms with Gasteiger partial charge in [-0.1, -0.05) is 43.4 Å². The number of nitrogens with one attached hydrogen (secondary N) is 1. The van der Waals surface area contributed by atoms with Gasteiger partial charge in [0.25, 0.3) is 5.91 Å². The van der Waals surface area contributed by atoms with Crippen LogP contribution in [-0.2, 0) is 4.79 Å². The van der Waals surface area contributed by atoms with Gasteiger partial charge < -0.3 is 4.74 Å².